The Labute approximate surface area is 105 Å². The Morgan fingerprint density at radius 2 is 2.12 bits per heavy atom. The Morgan fingerprint density at radius 1 is 1.35 bits per heavy atom. The number of aryl methyl sites for hydroxylation is 2. The number of rotatable bonds is 3. The Balaban J connectivity index is 2.44. The van der Waals surface area contributed by atoms with Crippen LogP contribution in [0.3, 0.4) is 0 Å². The zero-order valence-electron chi connectivity index (χ0n) is 10.0. The van der Waals surface area contributed by atoms with E-state index in [1.165, 1.54) is 0 Å². The molecule has 90 valence electrons. The normalized spacial score (nSPS) is 10.6. The van der Waals surface area contributed by atoms with Crippen molar-refractivity contribution in [1.82, 2.24) is 19.7 Å². The van der Waals surface area contributed by atoms with E-state index < -0.39 is 0 Å². The molecule has 17 heavy (non-hydrogen) atoms. The van der Waals surface area contributed by atoms with E-state index in [1.807, 2.05) is 26.8 Å². The molecule has 0 fully saturated rings. The minimum absolute atomic E-state index is 0.631. The highest BCUT2D eigenvalue weighted by molar-refractivity contribution is 6.31. The Hall–Kier alpha value is -1.62. The van der Waals surface area contributed by atoms with Crippen LogP contribution in [0.25, 0.3) is 5.82 Å². The number of anilines is 1. The lowest BCUT2D eigenvalue weighted by Crippen LogP contribution is -2.06. The largest absolute Gasteiger partial charge is 0.370 e. The summed E-state index contributed by atoms with van der Waals surface area (Å²) in [6, 6.07) is 1.85. The monoisotopic (exact) mass is 251 g/mol. The molecule has 0 amide bonds. The van der Waals surface area contributed by atoms with Gasteiger partial charge in [0.1, 0.15) is 11.6 Å². The van der Waals surface area contributed by atoms with E-state index in [4.69, 9.17) is 11.6 Å². The predicted molar refractivity (Wildman–Crippen MR) is 67.8 cm³/mol. The molecule has 2 rings (SSSR count). The maximum atomic E-state index is 5.98. The van der Waals surface area contributed by atoms with E-state index in [1.54, 1.807) is 10.9 Å². The van der Waals surface area contributed by atoms with E-state index in [0.29, 0.717) is 16.7 Å². The molecule has 0 aliphatic heterocycles. The van der Waals surface area contributed by atoms with Gasteiger partial charge in [-0.25, -0.2) is 14.6 Å². The first kappa shape index (κ1) is 11.9. The first-order valence-corrected chi connectivity index (χ1v) is 5.79. The highest BCUT2D eigenvalue weighted by Crippen LogP contribution is 2.16. The van der Waals surface area contributed by atoms with Gasteiger partial charge in [0.2, 0.25) is 0 Å². The van der Waals surface area contributed by atoms with Crippen LogP contribution in [-0.4, -0.2) is 26.3 Å². The molecule has 6 heteroatoms. The second-order valence-corrected chi connectivity index (χ2v) is 4.10. The molecule has 0 saturated carbocycles. The average molecular weight is 252 g/mol. The van der Waals surface area contributed by atoms with Crippen molar-refractivity contribution in [3.05, 3.63) is 28.8 Å². The van der Waals surface area contributed by atoms with Crippen LogP contribution >= 0.6 is 11.6 Å². The summed E-state index contributed by atoms with van der Waals surface area (Å²) in [5.41, 5.74) is 0.785. The van der Waals surface area contributed by atoms with Gasteiger partial charge < -0.3 is 5.32 Å². The summed E-state index contributed by atoms with van der Waals surface area (Å²) in [5, 5.41) is 8.07. The molecule has 0 aliphatic rings. The molecule has 0 saturated heterocycles. The third kappa shape index (κ3) is 2.55. The quantitative estimate of drug-likeness (QED) is 0.910. The molecule has 0 aliphatic carbocycles. The van der Waals surface area contributed by atoms with Crippen LogP contribution in [0, 0.1) is 13.8 Å². The Morgan fingerprint density at radius 3 is 2.71 bits per heavy atom. The van der Waals surface area contributed by atoms with Gasteiger partial charge in [0, 0.05) is 12.6 Å². The van der Waals surface area contributed by atoms with Gasteiger partial charge in [-0.15, -0.1) is 0 Å². The molecule has 2 heterocycles. The smallest absolute Gasteiger partial charge is 0.159 e. The van der Waals surface area contributed by atoms with Crippen LogP contribution < -0.4 is 5.32 Å². The molecule has 5 nitrogen and oxygen atoms in total. The molecule has 0 unspecified atom stereocenters. The number of nitrogens with zero attached hydrogens (tertiary/aromatic N) is 4. The maximum absolute atomic E-state index is 5.98. The number of hydrogen-bond acceptors (Lipinski definition) is 4. The zero-order valence-corrected chi connectivity index (χ0v) is 10.8. The van der Waals surface area contributed by atoms with Crippen LogP contribution in [0.2, 0.25) is 5.02 Å². The van der Waals surface area contributed by atoms with Crippen molar-refractivity contribution in [2.24, 2.45) is 0 Å². The highest BCUT2D eigenvalue weighted by atomic mass is 35.5. The van der Waals surface area contributed by atoms with Crippen LogP contribution in [0.4, 0.5) is 5.82 Å². The van der Waals surface area contributed by atoms with Gasteiger partial charge in [0.25, 0.3) is 0 Å². The fourth-order valence-corrected chi connectivity index (χ4v) is 1.63. The summed E-state index contributed by atoms with van der Waals surface area (Å²) in [6.07, 6.45) is 1.74. The zero-order chi connectivity index (χ0) is 12.4. The van der Waals surface area contributed by atoms with Crippen molar-refractivity contribution >= 4 is 17.4 Å². The summed E-state index contributed by atoms with van der Waals surface area (Å²) >= 11 is 5.98. The van der Waals surface area contributed by atoms with Gasteiger partial charge in [-0.1, -0.05) is 11.6 Å². The van der Waals surface area contributed by atoms with Crippen molar-refractivity contribution in [2.75, 3.05) is 11.9 Å². The predicted octanol–water partition coefficient (Wildman–Crippen LogP) is 2.36. The lowest BCUT2D eigenvalue weighted by atomic mass is 10.5. The van der Waals surface area contributed by atoms with Crippen molar-refractivity contribution in [1.29, 1.82) is 0 Å². The number of nitrogens with one attached hydrogen (secondary N) is 1. The first-order chi connectivity index (χ1) is 8.10. The van der Waals surface area contributed by atoms with Crippen molar-refractivity contribution < 1.29 is 0 Å². The molecular formula is C11H14ClN5. The summed E-state index contributed by atoms with van der Waals surface area (Å²) in [4.78, 5) is 8.61. The number of halogens is 1. The topological polar surface area (TPSA) is 55.6 Å². The molecular weight excluding hydrogens is 238 g/mol. The van der Waals surface area contributed by atoms with E-state index in [0.717, 1.165) is 18.1 Å². The minimum Gasteiger partial charge on any atom is -0.370 e. The standard InChI is InChI=1S/C11H14ClN5/c1-4-13-10-5-11(15-8(3)14-10)17-6-9(12)7(2)16-17/h5-6H,4H2,1-3H3,(H,13,14,15). The highest BCUT2D eigenvalue weighted by Gasteiger charge is 2.07. The maximum Gasteiger partial charge on any atom is 0.159 e. The van der Waals surface area contributed by atoms with E-state index in [2.05, 4.69) is 20.4 Å². The third-order valence-corrected chi connectivity index (χ3v) is 2.63. The molecule has 0 aromatic carbocycles. The molecule has 0 spiro atoms. The fourth-order valence-electron chi connectivity index (χ4n) is 1.50. The minimum atomic E-state index is 0.631. The van der Waals surface area contributed by atoms with Crippen molar-refractivity contribution in [2.45, 2.75) is 20.8 Å². The van der Waals surface area contributed by atoms with Gasteiger partial charge in [-0.3, -0.25) is 0 Å². The summed E-state index contributed by atoms with van der Waals surface area (Å²) in [5.74, 6) is 2.20. The van der Waals surface area contributed by atoms with Gasteiger partial charge >= 0.3 is 0 Å². The summed E-state index contributed by atoms with van der Waals surface area (Å²) in [6.45, 7) is 6.54. The van der Waals surface area contributed by atoms with Crippen molar-refractivity contribution in [3.8, 4) is 5.82 Å². The molecule has 0 bridgehead atoms. The van der Waals surface area contributed by atoms with Crippen LogP contribution in [-0.2, 0) is 0 Å². The number of hydrogen-bond donors (Lipinski definition) is 1. The Bertz CT molecular complexity index is 515. The second-order valence-electron chi connectivity index (χ2n) is 3.70. The van der Waals surface area contributed by atoms with Crippen molar-refractivity contribution in [3.63, 3.8) is 0 Å². The van der Waals surface area contributed by atoms with E-state index in [-0.39, 0.29) is 0 Å². The van der Waals surface area contributed by atoms with E-state index >= 15 is 0 Å². The molecule has 1 N–H and O–H groups in total. The van der Waals surface area contributed by atoms with Gasteiger partial charge in [-0.2, -0.15) is 5.10 Å². The SMILES string of the molecule is CCNc1cc(-n2cc(Cl)c(C)n2)nc(C)n1. The van der Waals surface area contributed by atoms with Gasteiger partial charge in [-0.05, 0) is 20.8 Å². The van der Waals surface area contributed by atoms with E-state index in [9.17, 15) is 0 Å². The summed E-state index contributed by atoms with van der Waals surface area (Å²) in [7, 11) is 0. The summed E-state index contributed by atoms with van der Waals surface area (Å²) < 4.78 is 1.66. The Kier molecular flexibility index (Phi) is 3.28. The fraction of sp³-hybridized carbons (Fsp3) is 0.364. The van der Waals surface area contributed by atoms with Gasteiger partial charge in [0.15, 0.2) is 5.82 Å². The lowest BCUT2D eigenvalue weighted by molar-refractivity contribution is 0.816. The van der Waals surface area contributed by atoms with Crippen LogP contribution in [0.15, 0.2) is 12.3 Å². The first-order valence-electron chi connectivity index (χ1n) is 5.42. The third-order valence-electron chi connectivity index (χ3n) is 2.26. The molecule has 2 aromatic rings. The number of aromatic nitrogens is 4. The second kappa shape index (κ2) is 4.71. The molecule has 0 atom stereocenters. The van der Waals surface area contributed by atoms with Crippen LogP contribution in [0.5, 0.6) is 0 Å². The average Bonchev–Trinajstić information content (AvgIpc) is 2.59. The van der Waals surface area contributed by atoms with Crippen LogP contribution in [0.1, 0.15) is 18.4 Å². The molecule has 2 aromatic heterocycles. The molecule has 0 radical (unpaired) electrons. The lowest BCUT2D eigenvalue weighted by Gasteiger charge is -2.06. The van der Waals surface area contributed by atoms with Gasteiger partial charge in [0.05, 0.1) is 16.9 Å².